The highest BCUT2D eigenvalue weighted by molar-refractivity contribution is 7.91. The molecular weight excluding hydrogens is 406 g/mol. The highest BCUT2D eigenvalue weighted by Gasteiger charge is 2.45. The third-order valence-electron chi connectivity index (χ3n) is 5.53. The first kappa shape index (κ1) is 22.3. The summed E-state index contributed by atoms with van der Waals surface area (Å²) >= 11 is -1.06. The first-order valence-electron chi connectivity index (χ1n) is 9.50. The number of carbonyl (C=O) groups excluding carboxylic acids is 1. The van der Waals surface area contributed by atoms with Crippen molar-refractivity contribution >= 4 is 17.1 Å². The van der Waals surface area contributed by atoms with E-state index in [-0.39, 0.29) is 6.61 Å². The molecule has 0 fully saturated rings. The van der Waals surface area contributed by atoms with Gasteiger partial charge in [0.1, 0.15) is 12.4 Å². The second-order valence-corrected chi connectivity index (χ2v) is 8.75. The van der Waals surface area contributed by atoms with Crippen LogP contribution in [-0.4, -0.2) is 63.2 Å². The molecule has 0 amide bonds. The van der Waals surface area contributed by atoms with Crippen LogP contribution in [0.4, 0.5) is 0 Å². The number of likely N-dealkylation sites (N-methyl/N-ethyl adjacent to an activating group) is 1. The van der Waals surface area contributed by atoms with Crippen LogP contribution in [0.15, 0.2) is 41.3 Å². The first-order valence-corrected chi connectivity index (χ1v) is 10.8. The minimum Gasteiger partial charge on any atom is -0.611 e. The Morgan fingerprint density at radius 3 is 2.30 bits per heavy atom. The van der Waals surface area contributed by atoms with Gasteiger partial charge < -0.3 is 23.5 Å². The predicted octanol–water partition coefficient (Wildman–Crippen LogP) is 2.84. The molecule has 1 aliphatic rings. The summed E-state index contributed by atoms with van der Waals surface area (Å²) in [6, 6.07) is 10.8. The fraction of sp³-hybridized carbons (Fsp3) is 0.409. The van der Waals surface area contributed by atoms with Gasteiger partial charge >= 0.3 is 5.97 Å². The van der Waals surface area contributed by atoms with Crippen LogP contribution in [0.2, 0.25) is 0 Å². The molecule has 1 aliphatic heterocycles. The Hall–Kier alpha value is -2.42. The molecule has 2 aromatic rings. The number of esters is 1. The summed E-state index contributed by atoms with van der Waals surface area (Å²) in [5.41, 5.74) is 0.671. The van der Waals surface area contributed by atoms with Crippen LogP contribution in [-0.2, 0) is 21.5 Å². The fourth-order valence-electron chi connectivity index (χ4n) is 3.77. The van der Waals surface area contributed by atoms with Gasteiger partial charge in [0, 0.05) is 12.0 Å². The van der Waals surface area contributed by atoms with Gasteiger partial charge in [-0.1, -0.05) is 18.2 Å². The lowest BCUT2D eigenvalue weighted by molar-refractivity contribution is 0.0104. The Morgan fingerprint density at radius 2 is 1.73 bits per heavy atom. The van der Waals surface area contributed by atoms with Crippen LogP contribution < -0.4 is 14.2 Å². The van der Waals surface area contributed by atoms with Gasteiger partial charge in [0.05, 0.1) is 32.4 Å². The minimum absolute atomic E-state index is 0.129. The van der Waals surface area contributed by atoms with E-state index in [4.69, 9.17) is 18.9 Å². The molecule has 0 aromatic heterocycles. The van der Waals surface area contributed by atoms with E-state index >= 15 is 0 Å². The van der Waals surface area contributed by atoms with Gasteiger partial charge in [0.25, 0.3) is 0 Å². The SMILES string of the molecule is COc1cc(C(=O)OCC2(N(C)C)CC[S+]([O-])c3ccccc32)cc(OC)c1OC. The van der Waals surface area contributed by atoms with Gasteiger partial charge in [0.15, 0.2) is 16.4 Å². The van der Waals surface area contributed by atoms with Gasteiger partial charge in [-0.2, -0.15) is 0 Å². The normalized spacial score (nSPS) is 20.4. The van der Waals surface area contributed by atoms with Crippen molar-refractivity contribution in [2.45, 2.75) is 16.9 Å². The molecule has 162 valence electrons. The first-order chi connectivity index (χ1) is 14.4. The number of methoxy groups -OCH3 is 3. The fourth-order valence-corrected chi connectivity index (χ4v) is 5.24. The van der Waals surface area contributed by atoms with Crippen molar-refractivity contribution in [2.75, 3.05) is 47.8 Å². The van der Waals surface area contributed by atoms with Gasteiger partial charge in [-0.05, 0) is 43.5 Å². The third kappa shape index (κ3) is 3.95. The van der Waals surface area contributed by atoms with E-state index in [1.54, 1.807) is 12.1 Å². The number of benzene rings is 2. The number of hydrogen-bond donors (Lipinski definition) is 0. The lowest BCUT2D eigenvalue weighted by Crippen LogP contribution is -2.50. The molecule has 0 spiro atoms. The maximum atomic E-state index is 12.9. The predicted molar refractivity (Wildman–Crippen MR) is 114 cm³/mol. The molecule has 2 aromatic carbocycles. The number of hydrogen-bond acceptors (Lipinski definition) is 7. The number of ether oxygens (including phenoxy) is 4. The molecule has 0 aliphatic carbocycles. The van der Waals surface area contributed by atoms with Gasteiger partial charge in [0.2, 0.25) is 5.75 Å². The Bertz CT molecular complexity index is 893. The molecule has 30 heavy (non-hydrogen) atoms. The maximum Gasteiger partial charge on any atom is 0.338 e. The van der Waals surface area contributed by atoms with Crippen LogP contribution in [0, 0.1) is 0 Å². The van der Waals surface area contributed by atoms with E-state index in [2.05, 4.69) is 0 Å². The van der Waals surface area contributed by atoms with Gasteiger partial charge in [-0.25, -0.2) is 4.79 Å². The zero-order valence-corrected chi connectivity index (χ0v) is 18.7. The average Bonchev–Trinajstić information content (AvgIpc) is 2.77. The van der Waals surface area contributed by atoms with Crippen molar-refractivity contribution in [2.24, 2.45) is 0 Å². The van der Waals surface area contributed by atoms with E-state index < -0.39 is 22.7 Å². The molecule has 0 saturated heterocycles. The van der Waals surface area contributed by atoms with E-state index in [0.717, 1.165) is 10.5 Å². The third-order valence-corrected chi connectivity index (χ3v) is 6.95. The largest absolute Gasteiger partial charge is 0.611 e. The standard InChI is InChI=1S/C22H27NO6S/c1-23(2)22(10-11-30(25)19-9-7-6-8-16(19)22)14-29-21(24)15-12-17(26-3)20(28-5)18(13-15)27-4/h6-9,12-13H,10-11,14H2,1-5H3. The summed E-state index contributed by atoms with van der Waals surface area (Å²) in [6.07, 6.45) is 0.617. The van der Waals surface area contributed by atoms with Crippen molar-refractivity contribution in [1.29, 1.82) is 0 Å². The lowest BCUT2D eigenvalue weighted by atomic mass is 9.86. The lowest BCUT2D eigenvalue weighted by Gasteiger charge is -2.43. The Balaban J connectivity index is 1.90. The molecule has 0 saturated carbocycles. The van der Waals surface area contributed by atoms with Crippen molar-refractivity contribution in [3.8, 4) is 17.2 Å². The minimum atomic E-state index is -1.06. The Morgan fingerprint density at radius 1 is 1.10 bits per heavy atom. The Kier molecular flexibility index (Phi) is 6.80. The number of fused-ring (bicyclic) bond motifs is 1. The summed E-state index contributed by atoms with van der Waals surface area (Å²) in [5, 5.41) is 0. The quantitative estimate of drug-likeness (QED) is 0.491. The van der Waals surface area contributed by atoms with Crippen molar-refractivity contribution in [1.82, 2.24) is 4.90 Å². The summed E-state index contributed by atoms with van der Waals surface area (Å²) < 4.78 is 34.2. The number of carbonyl (C=O) groups is 1. The molecule has 2 atom stereocenters. The van der Waals surface area contributed by atoms with Crippen molar-refractivity contribution < 1.29 is 28.3 Å². The van der Waals surface area contributed by atoms with E-state index in [1.165, 1.54) is 21.3 Å². The zero-order chi connectivity index (χ0) is 21.9. The van der Waals surface area contributed by atoms with Gasteiger partial charge in [-0.15, -0.1) is 0 Å². The molecule has 1 heterocycles. The van der Waals surface area contributed by atoms with Crippen molar-refractivity contribution in [3.05, 3.63) is 47.5 Å². The molecule has 0 N–H and O–H groups in total. The number of rotatable bonds is 7. The molecule has 0 bridgehead atoms. The molecule has 3 rings (SSSR count). The number of nitrogens with zero attached hydrogens (tertiary/aromatic N) is 1. The van der Waals surface area contributed by atoms with E-state index in [0.29, 0.717) is 35.0 Å². The van der Waals surface area contributed by atoms with E-state index in [1.807, 2.05) is 43.3 Å². The summed E-state index contributed by atoms with van der Waals surface area (Å²) in [6.45, 7) is 0.129. The maximum absolute atomic E-state index is 12.9. The molecule has 2 unspecified atom stereocenters. The van der Waals surface area contributed by atoms with Crippen LogP contribution in [0.25, 0.3) is 0 Å². The van der Waals surface area contributed by atoms with Gasteiger partial charge in [-0.3, -0.25) is 4.90 Å². The van der Waals surface area contributed by atoms with Crippen molar-refractivity contribution in [3.63, 3.8) is 0 Å². The summed E-state index contributed by atoms with van der Waals surface area (Å²) in [5.74, 6) is 1.18. The smallest absolute Gasteiger partial charge is 0.338 e. The summed E-state index contributed by atoms with van der Waals surface area (Å²) in [7, 11) is 8.37. The second-order valence-electron chi connectivity index (χ2n) is 7.21. The van der Waals surface area contributed by atoms with Crippen LogP contribution in [0.3, 0.4) is 0 Å². The molecule has 0 radical (unpaired) electrons. The van der Waals surface area contributed by atoms with Crippen LogP contribution in [0.1, 0.15) is 22.3 Å². The summed E-state index contributed by atoms with van der Waals surface area (Å²) in [4.78, 5) is 15.7. The molecular formula is C22H27NO6S. The second kappa shape index (κ2) is 9.16. The van der Waals surface area contributed by atoms with E-state index in [9.17, 15) is 9.35 Å². The highest BCUT2D eigenvalue weighted by Crippen LogP contribution is 2.41. The Labute approximate surface area is 180 Å². The molecule has 7 nitrogen and oxygen atoms in total. The highest BCUT2D eigenvalue weighted by atomic mass is 32.2. The average molecular weight is 434 g/mol. The monoisotopic (exact) mass is 433 g/mol. The zero-order valence-electron chi connectivity index (χ0n) is 17.9. The molecule has 8 heteroatoms. The topological polar surface area (TPSA) is 80.3 Å². The van der Waals surface area contributed by atoms with Crippen LogP contribution in [0.5, 0.6) is 17.2 Å². The van der Waals surface area contributed by atoms with Crippen LogP contribution >= 0.6 is 0 Å².